The largest absolute Gasteiger partial charge is 0.496 e. The van der Waals surface area contributed by atoms with Crippen LogP contribution in [0.2, 0.25) is 0 Å². The van der Waals surface area contributed by atoms with Crippen LogP contribution in [0.5, 0.6) is 5.75 Å². The van der Waals surface area contributed by atoms with Gasteiger partial charge in [0.1, 0.15) is 11.6 Å². The minimum absolute atomic E-state index is 0.0999. The van der Waals surface area contributed by atoms with Gasteiger partial charge in [-0.2, -0.15) is 0 Å². The molecule has 23 heavy (non-hydrogen) atoms. The zero-order valence-electron chi connectivity index (χ0n) is 13.4. The highest BCUT2D eigenvalue weighted by atomic mass is 32.2. The molecule has 0 saturated carbocycles. The second-order valence-corrected chi connectivity index (χ2v) is 5.98. The molecule has 0 saturated heterocycles. The van der Waals surface area contributed by atoms with Crippen molar-refractivity contribution in [2.75, 3.05) is 18.6 Å². The third kappa shape index (κ3) is 4.85. The number of ether oxygens (including phenoxy) is 1. The molecule has 0 aliphatic rings. The van der Waals surface area contributed by atoms with Gasteiger partial charge >= 0.3 is 0 Å². The van der Waals surface area contributed by atoms with E-state index >= 15 is 0 Å². The number of nitrogens with zero attached hydrogens (tertiary/aromatic N) is 2. The fourth-order valence-electron chi connectivity index (χ4n) is 2.14. The van der Waals surface area contributed by atoms with Crippen LogP contribution in [0.4, 0.5) is 5.82 Å². The number of nitrogens with two attached hydrogens (primary N) is 1. The number of hydrogen-bond acceptors (Lipinski definition) is 6. The molecule has 6 nitrogen and oxygen atoms in total. The van der Waals surface area contributed by atoms with Crippen LogP contribution in [0.15, 0.2) is 35.5 Å². The lowest BCUT2D eigenvalue weighted by Crippen LogP contribution is -2.28. The van der Waals surface area contributed by atoms with Crippen LogP contribution in [0.3, 0.4) is 0 Å². The number of para-hydroxylation sites is 1. The normalized spacial score (nSPS) is 11.8. The smallest absolute Gasteiger partial charge is 0.230 e. The van der Waals surface area contributed by atoms with Gasteiger partial charge in [-0.1, -0.05) is 30.0 Å². The van der Waals surface area contributed by atoms with Gasteiger partial charge in [-0.05, 0) is 19.9 Å². The first-order valence-electron chi connectivity index (χ1n) is 7.16. The van der Waals surface area contributed by atoms with E-state index < -0.39 is 0 Å². The van der Waals surface area contributed by atoms with E-state index in [9.17, 15) is 4.79 Å². The lowest BCUT2D eigenvalue weighted by molar-refractivity contribution is -0.119. The van der Waals surface area contributed by atoms with Gasteiger partial charge in [0.05, 0.1) is 18.9 Å². The number of rotatable bonds is 6. The molecule has 1 unspecified atom stereocenters. The summed E-state index contributed by atoms with van der Waals surface area (Å²) >= 11 is 1.26. The minimum atomic E-state index is -0.150. The fourth-order valence-corrected chi connectivity index (χ4v) is 2.87. The number of carbonyl (C=O) groups excluding carboxylic acids is 1. The van der Waals surface area contributed by atoms with Gasteiger partial charge in [0, 0.05) is 17.3 Å². The monoisotopic (exact) mass is 332 g/mol. The molecule has 0 aliphatic heterocycles. The number of nitrogen functional groups attached to an aromatic ring is 1. The van der Waals surface area contributed by atoms with Crippen molar-refractivity contribution in [1.29, 1.82) is 0 Å². The lowest BCUT2D eigenvalue weighted by atomic mass is 10.1. The Labute approximate surface area is 139 Å². The highest BCUT2D eigenvalue weighted by Gasteiger charge is 2.14. The zero-order valence-corrected chi connectivity index (χ0v) is 14.2. The molecule has 0 spiro atoms. The summed E-state index contributed by atoms with van der Waals surface area (Å²) in [6.45, 7) is 3.76. The Balaban J connectivity index is 1.94. The predicted molar refractivity (Wildman–Crippen MR) is 91.5 cm³/mol. The first kappa shape index (κ1) is 17.1. The maximum Gasteiger partial charge on any atom is 0.230 e. The fraction of sp³-hybridized carbons (Fsp3) is 0.312. The first-order chi connectivity index (χ1) is 11.0. The Bertz CT molecular complexity index is 673. The van der Waals surface area contributed by atoms with Crippen molar-refractivity contribution in [3.8, 4) is 5.75 Å². The van der Waals surface area contributed by atoms with Crippen LogP contribution in [0.1, 0.15) is 24.2 Å². The molecule has 2 aromatic rings. The van der Waals surface area contributed by atoms with E-state index in [1.165, 1.54) is 11.8 Å². The van der Waals surface area contributed by atoms with Crippen molar-refractivity contribution in [2.24, 2.45) is 0 Å². The summed E-state index contributed by atoms with van der Waals surface area (Å²) in [5.41, 5.74) is 7.39. The lowest BCUT2D eigenvalue weighted by Gasteiger charge is -2.17. The molecule has 0 radical (unpaired) electrons. The second kappa shape index (κ2) is 7.82. The summed E-state index contributed by atoms with van der Waals surface area (Å²) in [6, 6.07) is 9.15. The average Bonchev–Trinajstić information content (AvgIpc) is 2.52. The molecule has 1 amide bonds. The topological polar surface area (TPSA) is 90.1 Å². The molecule has 0 fully saturated rings. The number of nitrogens with one attached hydrogen (secondary N) is 1. The number of amides is 1. The molecule has 1 aromatic carbocycles. The number of methoxy groups -OCH3 is 1. The van der Waals surface area contributed by atoms with Crippen molar-refractivity contribution >= 4 is 23.5 Å². The van der Waals surface area contributed by atoms with Crippen LogP contribution in [-0.4, -0.2) is 28.7 Å². The SMILES string of the molecule is COc1ccccc1C(C)NC(=O)CSc1nc(C)cc(N)n1. The summed E-state index contributed by atoms with van der Waals surface area (Å²) in [4.78, 5) is 20.5. The number of hydrogen-bond donors (Lipinski definition) is 2. The van der Waals surface area contributed by atoms with Crippen LogP contribution >= 0.6 is 11.8 Å². The highest BCUT2D eigenvalue weighted by molar-refractivity contribution is 7.99. The van der Waals surface area contributed by atoms with E-state index in [-0.39, 0.29) is 17.7 Å². The van der Waals surface area contributed by atoms with Gasteiger partial charge < -0.3 is 15.8 Å². The predicted octanol–water partition coefficient (Wildman–Crippen LogP) is 2.35. The zero-order chi connectivity index (χ0) is 16.8. The second-order valence-electron chi connectivity index (χ2n) is 5.04. The summed E-state index contributed by atoms with van der Waals surface area (Å²) in [5.74, 6) is 1.28. The van der Waals surface area contributed by atoms with Crippen LogP contribution in [0.25, 0.3) is 0 Å². The Morgan fingerprint density at radius 1 is 1.39 bits per heavy atom. The van der Waals surface area contributed by atoms with Gasteiger partial charge in [0.2, 0.25) is 5.91 Å². The molecule has 1 atom stereocenters. The van der Waals surface area contributed by atoms with Gasteiger partial charge in [0.15, 0.2) is 5.16 Å². The van der Waals surface area contributed by atoms with Gasteiger partial charge in [-0.3, -0.25) is 4.79 Å². The first-order valence-corrected chi connectivity index (χ1v) is 8.14. The summed E-state index contributed by atoms with van der Waals surface area (Å²) in [5, 5.41) is 3.45. The van der Waals surface area contributed by atoms with Gasteiger partial charge in [-0.15, -0.1) is 0 Å². The van der Waals surface area contributed by atoms with E-state index in [1.807, 2.05) is 38.1 Å². The molecule has 2 rings (SSSR count). The van der Waals surface area contributed by atoms with Crippen molar-refractivity contribution in [3.05, 3.63) is 41.6 Å². The molecule has 0 aliphatic carbocycles. The van der Waals surface area contributed by atoms with E-state index in [0.29, 0.717) is 11.0 Å². The standard InChI is InChI=1S/C16H20N4O2S/c1-10-8-14(17)20-16(18-10)23-9-15(21)19-11(2)12-6-4-5-7-13(12)22-3/h4-8,11H,9H2,1-3H3,(H,19,21)(H2,17,18,20). The number of aromatic nitrogens is 2. The summed E-state index contributed by atoms with van der Waals surface area (Å²) in [6.07, 6.45) is 0. The Hall–Kier alpha value is -2.28. The van der Waals surface area contributed by atoms with Crippen LogP contribution in [0, 0.1) is 6.92 Å². The summed E-state index contributed by atoms with van der Waals surface area (Å²) < 4.78 is 5.31. The van der Waals surface area contributed by atoms with Crippen LogP contribution < -0.4 is 15.8 Å². The number of carbonyl (C=O) groups is 1. The van der Waals surface area contributed by atoms with Crippen LogP contribution in [-0.2, 0) is 4.79 Å². The maximum atomic E-state index is 12.1. The third-order valence-electron chi connectivity index (χ3n) is 3.17. The highest BCUT2D eigenvalue weighted by Crippen LogP contribution is 2.24. The van der Waals surface area contributed by atoms with Crippen molar-refractivity contribution in [2.45, 2.75) is 25.0 Å². The molecule has 1 aromatic heterocycles. The van der Waals surface area contributed by atoms with Gasteiger partial charge in [-0.25, -0.2) is 9.97 Å². The number of benzene rings is 1. The van der Waals surface area contributed by atoms with Crippen molar-refractivity contribution < 1.29 is 9.53 Å². The average molecular weight is 332 g/mol. The van der Waals surface area contributed by atoms with Crippen molar-refractivity contribution in [3.63, 3.8) is 0 Å². The molecular weight excluding hydrogens is 312 g/mol. The van der Waals surface area contributed by atoms with E-state index in [2.05, 4.69) is 15.3 Å². The van der Waals surface area contributed by atoms with E-state index in [4.69, 9.17) is 10.5 Å². The molecule has 1 heterocycles. The number of aryl methyl sites for hydroxylation is 1. The number of thioether (sulfide) groups is 1. The molecule has 0 bridgehead atoms. The summed E-state index contributed by atoms with van der Waals surface area (Å²) in [7, 11) is 1.61. The van der Waals surface area contributed by atoms with E-state index in [1.54, 1.807) is 13.2 Å². The van der Waals surface area contributed by atoms with E-state index in [0.717, 1.165) is 17.0 Å². The Morgan fingerprint density at radius 2 is 2.13 bits per heavy atom. The third-order valence-corrected chi connectivity index (χ3v) is 4.02. The Kier molecular flexibility index (Phi) is 5.81. The Morgan fingerprint density at radius 3 is 2.83 bits per heavy atom. The molecule has 7 heteroatoms. The number of anilines is 1. The molecular formula is C16H20N4O2S. The minimum Gasteiger partial charge on any atom is -0.496 e. The maximum absolute atomic E-state index is 12.1. The van der Waals surface area contributed by atoms with Crippen molar-refractivity contribution in [1.82, 2.24) is 15.3 Å². The molecule has 3 N–H and O–H groups in total. The van der Waals surface area contributed by atoms with Gasteiger partial charge in [0.25, 0.3) is 0 Å². The molecule has 122 valence electrons. The quantitative estimate of drug-likeness (QED) is 0.623.